The third-order valence-corrected chi connectivity index (χ3v) is 4.57. The average molecular weight is 351 g/mol. The van der Waals surface area contributed by atoms with Gasteiger partial charge in [-0.3, -0.25) is 0 Å². The minimum atomic E-state index is 0.127. The summed E-state index contributed by atoms with van der Waals surface area (Å²) in [4.78, 5) is 3.29. The van der Waals surface area contributed by atoms with Crippen LogP contribution in [0.15, 0.2) is 54.7 Å². The Hall–Kier alpha value is -2.26. The molecule has 3 heteroatoms. The van der Waals surface area contributed by atoms with E-state index in [1.165, 1.54) is 22.0 Å². The molecule has 2 aromatic carbocycles. The van der Waals surface area contributed by atoms with Crippen LogP contribution in [0, 0.1) is 0 Å². The second kappa shape index (κ2) is 8.41. The van der Waals surface area contributed by atoms with Gasteiger partial charge in [0, 0.05) is 29.2 Å². The molecule has 0 atom stereocenters. The van der Waals surface area contributed by atoms with Gasteiger partial charge in [-0.2, -0.15) is 0 Å². The van der Waals surface area contributed by atoms with Crippen molar-refractivity contribution in [2.45, 2.75) is 45.6 Å². The minimum Gasteiger partial charge on any atom is -0.492 e. The van der Waals surface area contributed by atoms with E-state index in [0.717, 1.165) is 31.6 Å². The van der Waals surface area contributed by atoms with Crippen LogP contribution in [0.25, 0.3) is 10.9 Å². The van der Waals surface area contributed by atoms with Gasteiger partial charge in [-0.25, -0.2) is 0 Å². The van der Waals surface area contributed by atoms with Gasteiger partial charge in [-0.1, -0.05) is 30.3 Å². The molecule has 26 heavy (non-hydrogen) atoms. The van der Waals surface area contributed by atoms with Crippen LogP contribution < -0.4 is 10.1 Å². The lowest BCUT2D eigenvalue weighted by Crippen LogP contribution is -2.38. The molecule has 3 nitrogen and oxygen atoms in total. The molecule has 1 aromatic heterocycles. The maximum absolute atomic E-state index is 6.03. The number of aromatic amines is 1. The largest absolute Gasteiger partial charge is 0.492 e. The van der Waals surface area contributed by atoms with Crippen molar-refractivity contribution in [2.24, 2.45) is 0 Å². The Kier molecular flexibility index (Phi) is 6.00. The van der Waals surface area contributed by atoms with Crippen LogP contribution in [0.5, 0.6) is 5.75 Å². The standard InChI is InChI=1S/C23H30N2O/c1-23(2,3)25-16-17-26-22-13-5-4-8-19(22)11-6-9-18-10-7-12-21-20(18)14-15-24-21/h4-5,7-8,10,12-15,24-25H,6,9,11,16-17H2,1-3H3. The number of aromatic nitrogens is 1. The number of para-hydroxylation sites is 1. The summed E-state index contributed by atoms with van der Waals surface area (Å²) in [6.07, 6.45) is 5.24. The monoisotopic (exact) mass is 350 g/mol. The summed E-state index contributed by atoms with van der Waals surface area (Å²) in [5.41, 5.74) is 4.06. The molecule has 0 aliphatic heterocycles. The van der Waals surface area contributed by atoms with Gasteiger partial charge in [0.25, 0.3) is 0 Å². The molecule has 2 N–H and O–H groups in total. The summed E-state index contributed by atoms with van der Waals surface area (Å²) >= 11 is 0. The van der Waals surface area contributed by atoms with Crippen molar-refractivity contribution in [2.75, 3.05) is 13.2 Å². The molecular weight excluding hydrogens is 320 g/mol. The molecular formula is C23H30N2O. The van der Waals surface area contributed by atoms with Crippen molar-refractivity contribution in [3.63, 3.8) is 0 Å². The van der Waals surface area contributed by atoms with E-state index in [4.69, 9.17) is 4.74 Å². The summed E-state index contributed by atoms with van der Waals surface area (Å²) in [5.74, 6) is 1.02. The molecule has 0 saturated heterocycles. The number of benzene rings is 2. The fourth-order valence-corrected chi connectivity index (χ4v) is 3.28. The lowest BCUT2D eigenvalue weighted by molar-refractivity contribution is 0.288. The first-order chi connectivity index (χ1) is 12.5. The summed E-state index contributed by atoms with van der Waals surface area (Å²) in [6.45, 7) is 8.06. The Morgan fingerprint density at radius 3 is 2.54 bits per heavy atom. The number of rotatable bonds is 8. The van der Waals surface area contributed by atoms with Crippen molar-refractivity contribution >= 4 is 10.9 Å². The van der Waals surface area contributed by atoms with Gasteiger partial charge >= 0.3 is 0 Å². The highest BCUT2D eigenvalue weighted by molar-refractivity contribution is 5.82. The molecule has 3 rings (SSSR count). The summed E-state index contributed by atoms with van der Waals surface area (Å²) in [7, 11) is 0. The molecule has 138 valence electrons. The Morgan fingerprint density at radius 1 is 0.923 bits per heavy atom. The van der Waals surface area contributed by atoms with Gasteiger partial charge in [0.1, 0.15) is 12.4 Å². The highest BCUT2D eigenvalue weighted by Crippen LogP contribution is 2.23. The Labute approximate surface area is 156 Å². The molecule has 0 spiro atoms. The normalized spacial score (nSPS) is 11.8. The highest BCUT2D eigenvalue weighted by Gasteiger charge is 2.09. The van der Waals surface area contributed by atoms with Crippen LogP contribution in [0.1, 0.15) is 38.3 Å². The van der Waals surface area contributed by atoms with Crippen LogP contribution in [-0.4, -0.2) is 23.7 Å². The molecule has 1 heterocycles. The Balaban J connectivity index is 1.54. The van der Waals surface area contributed by atoms with E-state index in [1.807, 2.05) is 6.20 Å². The lowest BCUT2D eigenvalue weighted by Gasteiger charge is -2.21. The number of ether oxygens (including phenoxy) is 1. The Morgan fingerprint density at radius 2 is 1.69 bits per heavy atom. The van der Waals surface area contributed by atoms with Crippen LogP contribution in [0.4, 0.5) is 0 Å². The average Bonchev–Trinajstić information content (AvgIpc) is 3.08. The van der Waals surface area contributed by atoms with E-state index >= 15 is 0 Å². The second-order valence-electron chi connectivity index (χ2n) is 7.84. The van der Waals surface area contributed by atoms with Gasteiger partial charge in [-0.05, 0) is 69.4 Å². The molecule has 0 aliphatic carbocycles. The zero-order chi connectivity index (χ0) is 18.4. The highest BCUT2D eigenvalue weighted by atomic mass is 16.5. The molecule has 0 aliphatic rings. The maximum Gasteiger partial charge on any atom is 0.122 e. The quantitative estimate of drug-likeness (QED) is 0.554. The molecule has 0 fully saturated rings. The fourth-order valence-electron chi connectivity index (χ4n) is 3.28. The number of hydrogen-bond acceptors (Lipinski definition) is 2. The summed E-state index contributed by atoms with van der Waals surface area (Å²) in [5, 5.41) is 4.80. The first-order valence-corrected chi connectivity index (χ1v) is 9.54. The van der Waals surface area contributed by atoms with Crippen LogP contribution in [-0.2, 0) is 12.8 Å². The van der Waals surface area contributed by atoms with Crippen LogP contribution in [0.3, 0.4) is 0 Å². The van der Waals surface area contributed by atoms with Gasteiger partial charge in [0.2, 0.25) is 0 Å². The third kappa shape index (κ3) is 5.12. The molecule has 0 saturated carbocycles. The van der Waals surface area contributed by atoms with Gasteiger partial charge < -0.3 is 15.0 Å². The predicted octanol–water partition coefficient (Wildman–Crippen LogP) is 5.11. The number of fused-ring (bicyclic) bond motifs is 1. The van der Waals surface area contributed by atoms with Crippen molar-refractivity contribution in [1.82, 2.24) is 10.3 Å². The first-order valence-electron chi connectivity index (χ1n) is 9.54. The van der Waals surface area contributed by atoms with Crippen molar-refractivity contribution in [3.8, 4) is 5.75 Å². The second-order valence-corrected chi connectivity index (χ2v) is 7.84. The predicted molar refractivity (Wildman–Crippen MR) is 110 cm³/mol. The molecule has 0 radical (unpaired) electrons. The number of nitrogens with one attached hydrogen (secondary N) is 2. The number of hydrogen-bond donors (Lipinski definition) is 2. The molecule has 0 amide bonds. The van der Waals surface area contributed by atoms with Crippen molar-refractivity contribution in [1.29, 1.82) is 0 Å². The van der Waals surface area contributed by atoms with E-state index in [0.29, 0.717) is 6.61 Å². The van der Waals surface area contributed by atoms with E-state index in [1.54, 1.807) is 0 Å². The number of H-pyrrole nitrogens is 1. The zero-order valence-electron chi connectivity index (χ0n) is 16.1. The third-order valence-electron chi connectivity index (χ3n) is 4.57. The van der Waals surface area contributed by atoms with Gasteiger partial charge in [0.15, 0.2) is 0 Å². The molecule has 0 bridgehead atoms. The van der Waals surface area contributed by atoms with Crippen LogP contribution in [0.2, 0.25) is 0 Å². The fraction of sp³-hybridized carbons (Fsp3) is 0.391. The van der Waals surface area contributed by atoms with Gasteiger partial charge in [0.05, 0.1) is 0 Å². The van der Waals surface area contributed by atoms with E-state index in [9.17, 15) is 0 Å². The van der Waals surface area contributed by atoms with E-state index in [-0.39, 0.29) is 5.54 Å². The molecule has 0 unspecified atom stereocenters. The first kappa shape index (κ1) is 18.5. The Bertz CT molecular complexity index is 829. The maximum atomic E-state index is 6.03. The lowest BCUT2D eigenvalue weighted by atomic mass is 10.0. The summed E-state index contributed by atoms with van der Waals surface area (Å²) in [6, 6.07) is 17.1. The van der Waals surface area contributed by atoms with Crippen LogP contribution >= 0.6 is 0 Å². The van der Waals surface area contributed by atoms with Crippen molar-refractivity contribution in [3.05, 3.63) is 65.9 Å². The number of aryl methyl sites for hydroxylation is 2. The summed E-state index contributed by atoms with van der Waals surface area (Å²) < 4.78 is 6.03. The van der Waals surface area contributed by atoms with E-state index in [2.05, 4.69) is 79.6 Å². The zero-order valence-corrected chi connectivity index (χ0v) is 16.1. The molecule has 3 aromatic rings. The smallest absolute Gasteiger partial charge is 0.122 e. The minimum absolute atomic E-state index is 0.127. The van der Waals surface area contributed by atoms with Crippen molar-refractivity contribution < 1.29 is 4.74 Å². The van der Waals surface area contributed by atoms with Gasteiger partial charge in [-0.15, -0.1) is 0 Å². The topological polar surface area (TPSA) is 37.0 Å². The van der Waals surface area contributed by atoms with E-state index < -0.39 is 0 Å². The SMILES string of the molecule is CC(C)(C)NCCOc1ccccc1CCCc1cccc2[nH]ccc12.